The number of Topliss-reactive ketones (excluding diaryl/α,β-unsaturated/α-hetero) is 1. The van der Waals surface area contributed by atoms with Gasteiger partial charge in [-0.05, 0) is 42.7 Å². The number of benzene rings is 2. The summed E-state index contributed by atoms with van der Waals surface area (Å²) in [5.41, 5.74) is -0.983. The molecule has 2 unspecified atom stereocenters. The maximum atomic E-state index is 15.7. The second-order valence-electron chi connectivity index (χ2n) is 16.2. The van der Waals surface area contributed by atoms with Crippen molar-refractivity contribution >= 4 is 47.2 Å². The zero-order chi connectivity index (χ0) is 42.5. The summed E-state index contributed by atoms with van der Waals surface area (Å²) >= 11 is 5.90. The van der Waals surface area contributed by atoms with Crippen LogP contribution in [-0.2, 0) is 52.4 Å². The van der Waals surface area contributed by atoms with Gasteiger partial charge in [0.1, 0.15) is 35.9 Å². The molecule has 0 amide bonds. The van der Waals surface area contributed by atoms with Gasteiger partial charge >= 0.3 is 29.8 Å². The van der Waals surface area contributed by atoms with E-state index in [9.17, 15) is 34.2 Å². The molecule has 6 rings (SSSR count). The van der Waals surface area contributed by atoms with E-state index in [1.54, 1.807) is 62.4 Å². The fourth-order valence-electron chi connectivity index (χ4n) is 9.57. The lowest BCUT2D eigenvalue weighted by atomic mass is 9.44. The van der Waals surface area contributed by atoms with Crippen molar-refractivity contribution in [1.29, 1.82) is 0 Å². The Labute approximate surface area is 340 Å². The smallest absolute Gasteiger partial charge is 0.338 e. The fourth-order valence-corrected chi connectivity index (χ4v) is 9.63. The number of ether oxygens (including phenoxy) is 6. The van der Waals surface area contributed by atoms with E-state index in [4.69, 9.17) is 45.8 Å². The molecule has 1 aliphatic heterocycles. The quantitative estimate of drug-likeness (QED) is 0.136. The van der Waals surface area contributed by atoms with Crippen LogP contribution in [0.5, 0.6) is 0 Å². The van der Waals surface area contributed by atoms with E-state index in [2.05, 4.69) is 0 Å². The summed E-state index contributed by atoms with van der Waals surface area (Å²) in [6.07, 6.45) is -10.2. The van der Waals surface area contributed by atoms with Crippen molar-refractivity contribution in [3.05, 3.63) is 82.9 Å². The van der Waals surface area contributed by atoms with Crippen LogP contribution >= 0.6 is 11.6 Å². The molecule has 0 spiro atoms. The number of ketones is 1. The number of hydrogen-bond acceptors (Lipinski definition) is 15. The zero-order valence-electron chi connectivity index (χ0n) is 33.0. The number of fused-ring (bicyclic) bond motifs is 5. The van der Waals surface area contributed by atoms with E-state index in [1.807, 2.05) is 0 Å². The zero-order valence-corrected chi connectivity index (χ0v) is 33.7. The third-order valence-corrected chi connectivity index (χ3v) is 12.8. The van der Waals surface area contributed by atoms with Crippen LogP contribution in [0.15, 0.2) is 71.8 Å². The lowest BCUT2D eigenvalue weighted by molar-refractivity contribution is -0.346. The fraction of sp³-hybridized carbons (Fsp3) is 0.524. The number of carbonyl (C=O) groups excluding carboxylic acids is 6. The van der Waals surface area contributed by atoms with E-state index < -0.39 is 119 Å². The van der Waals surface area contributed by atoms with Crippen molar-refractivity contribution in [2.75, 3.05) is 12.5 Å². The standard InChI is InChI=1S/C42H48ClNO14/c1-21-26(55-38(51)32(48)31(44)24-13-9-7-10-14-24)18-42(52)36(57-37(50)25-15-11-8-12-16-25)34-40(6,35(49)33(54-22(2)45)30(21)39(42,4)5)27(56-29(47)19-43)17-28-41(34,20-53-28)58-23(3)46/h7-16,26-28,31-34,36,48,52H,17-20,44H2,1-6H3/t26-,27-,28+,31?,32?,33+,34-,36-,40+,41-,42+/m0/s1. The van der Waals surface area contributed by atoms with Gasteiger partial charge in [-0.15, -0.1) is 11.6 Å². The Bertz CT molecular complexity index is 2010. The normalized spacial score (nSPS) is 33.3. The molecule has 0 aromatic heterocycles. The number of nitrogens with two attached hydrogens (primary N) is 1. The molecule has 2 aromatic carbocycles. The van der Waals surface area contributed by atoms with Crippen molar-refractivity contribution in [3.8, 4) is 0 Å². The number of halogens is 1. The van der Waals surface area contributed by atoms with Crippen LogP contribution in [0.4, 0.5) is 0 Å². The Balaban J connectivity index is 1.62. The maximum absolute atomic E-state index is 15.7. The lowest BCUT2D eigenvalue weighted by Crippen LogP contribution is -2.82. The average molecular weight is 826 g/mol. The third-order valence-electron chi connectivity index (χ3n) is 12.6. The van der Waals surface area contributed by atoms with Crippen LogP contribution in [0, 0.1) is 16.7 Å². The molecule has 0 radical (unpaired) electrons. The topological polar surface area (TPSA) is 224 Å². The Hall–Kier alpha value is -4.67. The molecule has 1 saturated heterocycles. The Morgan fingerprint density at radius 1 is 0.931 bits per heavy atom. The van der Waals surface area contributed by atoms with E-state index >= 15 is 4.79 Å². The summed E-state index contributed by atoms with van der Waals surface area (Å²) in [6.45, 7) is 7.94. The van der Waals surface area contributed by atoms with Crippen molar-refractivity contribution in [3.63, 3.8) is 0 Å². The predicted octanol–water partition coefficient (Wildman–Crippen LogP) is 3.05. The molecular formula is C42H48ClNO14. The largest absolute Gasteiger partial charge is 0.460 e. The number of rotatable bonds is 10. The maximum Gasteiger partial charge on any atom is 0.338 e. The molecule has 2 aromatic rings. The highest BCUT2D eigenvalue weighted by Gasteiger charge is 2.79. The molecule has 4 N–H and O–H groups in total. The van der Waals surface area contributed by atoms with E-state index in [0.29, 0.717) is 5.56 Å². The number of alkyl halides is 1. The van der Waals surface area contributed by atoms with E-state index in [0.717, 1.165) is 13.8 Å². The minimum atomic E-state index is -2.39. The number of aliphatic hydroxyl groups excluding tert-OH is 1. The molecule has 15 nitrogen and oxygen atoms in total. The van der Waals surface area contributed by atoms with Crippen molar-refractivity contribution in [2.45, 2.75) is 108 Å². The van der Waals surface area contributed by atoms with Crippen LogP contribution in [0.3, 0.4) is 0 Å². The summed E-state index contributed by atoms with van der Waals surface area (Å²) in [4.78, 5) is 82.8. The predicted molar refractivity (Wildman–Crippen MR) is 203 cm³/mol. The van der Waals surface area contributed by atoms with Crippen LogP contribution < -0.4 is 5.73 Å². The highest BCUT2D eigenvalue weighted by molar-refractivity contribution is 6.26. The minimum Gasteiger partial charge on any atom is -0.460 e. The van der Waals surface area contributed by atoms with Gasteiger partial charge in [0.25, 0.3) is 0 Å². The molecular weight excluding hydrogens is 778 g/mol. The molecule has 2 saturated carbocycles. The minimum absolute atomic E-state index is 0.00234. The van der Waals surface area contributed by atoms with Gasteiger partial charge in [-0.25, -0.2) is 9.59 Å². The first-order chi connectivity index (χ1) is 27.2. The molecule has 11 atom stereocenters. The Kier molecular flexibility index (Phi) is 11.7. The van der Waals surface area contributed by atoms with E-state index in [1.165, 1.54) is 26.0 Å². The third kappa shape index (κ3) is 7.00. The molecule has 312 valence electrons. The van der Waals surface area contributed by atoms with Crippen molar-refractivity contribution < 1.29 is 67.4 Å². The highest BCUT2D eigenvalue weighted by Crippen LogP contribution is 2.65. The molecule has 4 aliphatic rings. The monoisotopic (exact) mass is 825 g/mol. The van der Waals surface area contributed by atoms with Crippen molar-refractivity contribution in [2.24, 2.45) is 22.5 Å². The lowest BCUT2D eigenvalue weighted by Gasteiger charge is -2.67. The number of esters is 5. The first-order valence-electron chi connectivity index (χ1n) is 18.9. The van der Waals surface area contributed by atoms with Crippen LogP contribution in [-0.4, -0.2) is 106 Å². The summed E-state index contributed by atoms with van der Waals surface area (Å²) < 4.78 is 36.1. The number of hydrogen-bond donors (Lipinski definition) is 3. The van der Waals surface area contributed by atoms with Crippen LogP contribution in [0.2, 0.25) is 0 Å². The first kappa shape index (κ1) is 42.9. The second kappa shape index (κ2) is 15.8. The van der Waals surface area contributed by atoms with Gasteiger partial charge in [0.2, 0.25) is 0 Å². The van der Waals surface area contributed by atoms with Gasteiger partial charge in [-0.1, -0.05) is 62.4 Å². The van der Waals surface area contributed by atoms with Gasteiger partial charge in [-0.2, -0.15) is 0 Å². The van der Waals surface area contributed by atoms with E-state index in [-0.39, 0.29) is 29.7 Å². The molecule has 3 fully saturated rings. The number of carbonyl (C=O) groups is 6. The van der Waals surface area contributed by atoms with Crippen LogP contribution in [0.25, 0.3) is 0 Å². The first-order valence-corrected chi connectivity index (χ1v) is 19.4. The number of aliphatic hydroxyl groups is 2. The van der Waals surface area contributed by atoms with Gasteiger partial charge in [-0.3, -0.25) is 19.2 Å². The van der Waals surface area contributed by atoms with Gasteiger partial charge in [0.05, 0.1) is 29.5 Å². The summed E-state index contributed by atoms with van der Waals surface area (Å²) in [5, 5.41) is 24.8. The summed E-state index contributed by atoms with van der Waals surface area (Å²) in [5.74, 6) is -7.79. The van der Waals surface area contributed by atoms with Gasteiger partial charge < -0.3 is 44.4 Å². The van der Waals surface area contributed by atoms with Gasteiger partial charge in [0.15, 0.2) is 23.6 Å². The SMILES string of the molecule is CC(=O)O[C@H]1C(=O)[C@]2(C)[C@@H](OC(=O)CCl)C[C@H]3OC[C@@]3(OC(C)=O)[C@H]2[C@H](OC(=O)c2ccccc2)[C@]2(O)C[C@H](OC(=O)C(O)C(N)c3ccccc3)C(C)=C1C2(C)C. The highest BCUT2D eigenvalue weighted by atomic mass is 35.5. The molecule has 2 bridgehead atoms. The molecule has 16 heteroatoms. The van der Waals surface area contributed by atoms with Crippen molar-refractivity contribution in [1.82, 2.24) is 0 Å². The summed E-state index contributed by atoms with van der Waals surface area (Å²) in [6, 6.07) is 14.9. The second-order valence-corrected chi connectivity index (χ2v) is 16.4. The van der Waals surface area contributed by atoms with Crippen LogP contribution in [0.1, 0.15) is 76.3 Å². The average Bonchev–Trinajstić information content (AvgIpc) is 3.18. The Morgan fingerprint density at radius 3 is 2.10 bits per heavy atom. The van der Waals surface area contributed by atoms with Gasteiger partial charge in [0, 0.05) is 32.1 Å². The Morgan fingerprint density at radius 2 is 1.55 bits per heavy atom. The molecule has 3 aliphatic carbocycles. The molecule has 58 heavy (non-hydrogen) atoms. The summed E-state index contributed by atoms with van der Waals surface area (Å²) in [7, 11) is 0. The molecule has 1 heterocycles.